The first kappa shape index (κ1) is 15.2. The summed E-state index contributed by atoms with van der Waals surface area (Å²) in [4.78, 5) is 0. The summed E-state index contributed by atoms with van der Waals surface area (Å²) < 4.78 is 1.09. The number of benzene rings is 3. The Balaban J connectivity index is 2.01. The van der Waals surface area contributed by atoms with Gasteiger partial charge >= 0.3 is 0 Å². The molecule has 0 heterocycles. The first-order chi connectivity index (χ1) is 11.8. The minimum absolute atomic E-state index is 0.314. The molecule has 1 atom stereocenters. The van der Waals surface area contributed by atoms with Crippen molar-refractivity contribution in [3.05, 3.63) is 118 Å². The molecule has 0 spiro atoms. The smallest absolute Gasteiger partial charge is 0.0641 e. The highest BCUT2D eigenvalue weighted by Gasteiger charge is 2.40. The van der Waals surface area contributed by atoms with E-state index in [0.717, 1.165) is 4.47 Å². The molecule has 0 saturated heterocycles. The zero-order valence-electron chi connectivity index (χ0n) is 13.2. The van der Waals surface area contributed by atoms with Gasteiger partial charge in [0.1, 0.15) is 0 Å². The molecule has 0 bridgehead atoms. The Hall–Kier alpha value is -2.38. The van der Waals surface area contributed by atoms with Crippen LogP contribution < -0.4 is 0 Å². The van der Waals surface area contributed by atoms with E-state index in [0.29, 0.717) is 0 Å². The highest BCUT2D eigenvalue weighted by Crippen LogP contribution is 2.51. The summed E-state index contributed by atoms with van der Waals surface area (Å²) in [7, 11) is 0. The topological polar surface area (TPSA) is 0 Å². The monoisotopic (exact) mass is 372 g/mol. The molecule has 0 aromatic heterocycles. The van der Waals surface area contributed by atoms with E-state index in [-0.39, 0.29) is 5.41 Å². The average Bonchev–Trinajstić information content (AvgIpc) is 2.98. The van der Waals surface area contributed by atoms with Crippen molar-refractivity contribution in [3.8, 4) is 0 Å². The predicted octanol–water partition coefficient (Wildman–Crippen LogP) is 6.48. The molecule has 0 nitrogen and oxygen atoms in total. The van der Waals surface area contributed by atoms with Gasteiger partial charge in [0.25, 0.3) is 0 Å². The summed E-state index contributed by atoms with van der Waals surface area (Å²) in [5.41, 5.74) is 5.99. The van der Waals surface area contributed by atoms with Crippen LogP contribution in [0.1, 0.15) is 22.3 Å². The Morgan fingerprint density at radius 1 is 0.792 bits per heavy atom. The Morgan fingerprint density at radius 3 is 2.17 bits per heavy atom. The van der Waals surface area contributed by atoms with E-state index in [4.69, 9.17) is 0 Å². The number of rotatable bonds is 3. The summed E-state index contributed by atoms with van der Waals surface area (Å²) in [6.07, 6.45) is 4.38. The van der Waals surface area contributed by atoms with Gasteiger partial charge in [0.05, 0.1) is 5.41 Å². The third kappa shape index (κ3) is 2.20. The first-order valence-corrected chi connectivity index (χ1v) is 8.82. The number of allylic oxidation sites excluding steroid dienone is 2. The van der Waals surface area contributed by atoms with E-state index in [1.54, 1.807) is 0 Å². The SMILES string of the molecule is C=CC1(c2ccccc2)C(c2ccc(Br)cc2)=Cc2ccccc21. The highest BCUT2D eigenvalue weighted by atomic mass is 79.9. The van der Waals surface area contributed by atoms with E-state index >= 15 is 0 Å². The lowest BCUT2D eigenvalue weighted by Crippen LogP contribution is -2.24. The Kier molecular flexibility index (Phi) is 3.74. The van der Waals surface area contributed by atoms with Gasteiger partial charge < -0.3 is 0 Å². The van der Waals surface area contributed by atoms with Crippen molar-refractivity contribution in [1.29, 1.82) is 0 Å². The molecule has 0 radical (unpaired) electrons. The second kappa shape index (κ2) is 5.92. The van der Waals surface area contributed by atoms with E-state index in [9.17, 15) is 0 Å². The maximum Gasteiger partial charge on any atom is 0.0641 e. The third-order valence-electron chi connectivity index (χ3n) is 4.80. The molecule has 1 unspecified atom stereocenters. The zero-order valence-corrected chi connectivity index (χ0v) is 14.8. The highest BCUT2D eigenvalue weighted by molar-refractivity contribution is 9.10. The lowest BCUT2D eigenvalue weighted by atomic mass is 9.70. The first-order valence-electron chi connectivity index (χ1n) is 8.02. The summed E-state index contributed by atoms with van der Waals surface area (Å²) in [5.74, 6) is 0. The molecule has 0 fully saturated rings. The number of hydrogen-bond donors (Lipinski definition) is 0. The van der Waals surface area contributed by atoms with Crippen LogP contribution in [-0.4, -0.2) is 0 Å². The summed E-state index contributed by atoms with van der Waals surface area (Å²) in [6.45, 7) is 4.23. The largest absolute Gasteiger partial charge is 0.102 e. The fourth-order valence-electron chi connectivity index (χ4n) is 3.69. The number of fused-ring (bicyclic) bond motifs is 1. The molecule has 1 aliphatic carbocycles. The van der Waals surface area contributed by atoms with Gasteiger partial charge in [0.2, 0.25) is 0 Å². The van der Waals surface area contributed by atoms with E-state index < -0.39 is 0 Å². The second-order valence-electron chi connectivity index (χ2n) is 6.03. The van der Waals surface area contributed by atoms with Gasteiger partial charge in [0.15, 0.2) is 0 Å². The van der Waals surface area contributed by atoms with Gasteiger partial charge in [-0.25, -0.2) is 0 Å². The van der Waals surface area contributed by atoms with Crippen LogP contribution in [0.15, 0.2) is 96.0 Å². The average molecular weight is 373 g/mol. The van der Waals surface area contributed by atoms with Crippen molar-refractivity contribution in [2.45, 2.75) is 5.41 Å². The van der Waals surface area contributed by atoms with Crippen LogP contribution >= 0.6 is 15.9 Å². The summed E-state index contributed by atoms with van der Waals surface area (Å²) >= 11 is 3.53. The Labute approximate surface area is 151 Å². The van der Waals surface area contributed by atoms with Crippen molar-refractivity contribution in [3.63, 3.8) is 0 Å². The molecule has 1 aliphatic rings. The molecule has 0 amide bonds. The van der Waals surface area contributed by atoms with Crippen molar-refractivity contribution in [1.82, 2.24) is 0 Å². The minimum Gasteiger partial charge on any atom is -0.102 e. The van der Waals surface area contributed by atoms with Crippen LogP contribution in [0, 0.1) is 0 Å². The van der Waals surface area contributed by atoms with Crippen molar-refractivity contribution >= 4 is 27.6 Å². The standard InChI is InChI=1S/C23H17Br/c1-2-23(19-9-4-3-5-10-19)21-11-7-6-8-18(21)16-22(23)17-12-14-20(24)15-13-17/h2-16H,1H2. The molecular formula is C23H17Br. The number of halogens is 1. The zero-order chi connectivity index (χ0) is 16.6. The van der Waals surface area contributed by atoms with Gasteiger partial charge in [0, 0.05) is 4.47 Å². The predicted molar refractivity (Wildman–Crippen MR) is 106 cm³/mol. The van der Waals surface area contributed by atoms with Gasteiger partial charge in [-0.2, -0.15) is 0 Å². The van der Waals surface area contributed by atoms with Crippen LogP contribution in [0.5, 0.6) is 0 Å². The molecule has 1 heteroatoms. The molecular weight excluding hydrogens is 356 g/mol. The Morgan fingerprint density at radius 2 is 1.46 bits per heavy atom. The minimum atomic E-state index is -0.314. The van der Waals surface area contributed by atoms with Crippen LogP contribution in [0.3, 0.4) is 0 Å². The fraction of sp³-hybridized carbons (Fsp3) is 0.0435. The second-order valence-corrected chi connectivity index (χ2v) is 6.95. The molecule has 3 aromatic carbocycles. The van der Waals surface area contributed by atoms with Crippen molar-refractivity contribution < 1.29 is 0 Å². The maximum atomic E-state index is 4.23. The summed E-state index contributed by atoms with van der Waals surface area (Å²) in [6, 6.07) is 27.8. The van der Waals surface area contributed by atoms with Crippen LogP contribution in [-0.2, 0) is 5.41 Å². The fourth-order valence-corrected chi connectivity index (χ4v) is 3.95. The molecule has 0 aliphatic heterocycles. The lowest BCUT2D eigenvalue weighted by molar-refractivity contribution is 0.856. The van der Waals surface area contributed by atoms with E-state index in [1.807, 2.05) is 0 Å². The summed E-state index contributed by atoms with van der Waals surface area (Å²) in [5, 5.41) is 0. The lowest BCUT2D eigenvalue weighted by Gasteiger charge is -2.32. The van der Waals surface area contributed by atoms with E-state index in [1.165, 1.54) is 27.8 Å². The molecule has 0 N–H and O–H groups in total. The quantitative estimate of drug-likeness (QED) is 0.461. The van der Waals surface area contributed by atoms with Crippen LogP contribution in [0.4, 0.5) is 0 Å². The molecule has 0 saturated carbocycles. The molecule has 116 valence electrons. The van der Waals surface area contributed by atoms with Crippen LogP contribution in [0.25, 0.3) is 11.6 Å². The van der Waals surface area contributed by atoms with Gasteiger partial charge in [-0.3, -0.25) is 0 Å². The molecule has 24 heavy (non-hydrogen) atoms. The molecule has 4 rings (SSSR count). The van der Waals surface area contributed by atoms with Crippen LogP contribution in [0.2, 0.25) is 0 Å². The Bertz CT molecular complexity index is 920. The van der Waals surface area contributed by atoms with Crippen molar-refractivity contribution in [2.24, 2.45) is 0 Å². The van der Waals surface area contributed by atoms with Gasteiger partial charge in [-0.15, -0.1) is 6.58 Å². The molecule has 3 aromatic rings. The van der Waals surface area contributed by atoms with Gasteiger partial charge in [-0.05, 0) is 46.0 Å². The van der Waals surface area contributed by atoms with E-state index in [2.05, 4.69) is 114 Å². The normalized spacial score (nSPS) is 18.8. The number of hydrogen-bond acceptors (Lipinski definition) is 0. The third-order valence-corrected chi connectivity index (χ3v) is 5.33. The van der Waals surface area contributed by atoms with Crippen molar-refractivity contribution in [2.75, 3.05) is 0 Å². The maximum absolute atomic E-state index is 4.23. The van der Waals surface area contributed by atoms with Gasteiger partial charge in [-0.1, -0.05) is 88.7 Å².